The minimum Gasteiger partial charge on any atom is -0.478 e. The molecule has 0 aromatic heterocycles. The van der Waals surface area contributed by atoms with E-state index in [1.165, 1.54) is 0 Å². The number of rotatable bonds is 4. The largest absolute Gasteiger partial charge is 0.478 e. The monoisotopic (exact) mass is 290 g/mol. The van der Waals surface area contributed by atoms with E-state index in [0.29, 0.717) is 18.7 Å². The summed E-state index contributed by atoms with van der Waals surface area (Å²) in [5.74, 6) is -1.08. The lowest BCUT2D eigenvalue weighted by Crippen LogP contribution is -2.40. The zero-order valence-corrected chi connectivity index (χ0v) is 11.7. The summed E-state index contributed by atoms with van der Waals surface area (Å²) in [6.45, 7) is 2.16. The van der Waals surface area contributed by atoms with Gasteiger partial charge in [-0.2, -0.15) is 0 Å². The molecule has 1 aliphatic heterocycles. The lowest BCUT2D eigenvalue weighted by Gasteiger charge is -2.29. The second kappa shape index (κ2) is 6.30. The third kappa shape index (κ3) is 3.53. The highest BCUT2D eigenvalue weighted by atomic mass is 16.4. The Bertz CT molecular complexity index is 568. The van der Waals surface area contributed by atoms with Gasteiger partial charge in [0, 0.05) is 24.7 Å². The molecular formula is C15H18N2O4. The lowest BCUT2D eigenvalue weighted by molar-refractivity contribution is -0.133. The number of hydrogen-bond acceptors (Lipinski definition) is 3. The molecule has 2 rings (SSSR count). The van der Waals surface area contributed by atoms with Crippen LogP contribution in [0.4, 0.5) is 4.79 Å². The van der Waals surface area contributed by atoms with Crippen molar-refractivity contribution in [3.63, 3.8) is 0 Å². The van der Waals surface area contributed by atoms with Crippen molar-refractivity contribution in [2.75, 3.05) is 13.1 Å². The lowest BCUT2D eigenvalue weighted by atomic mass is 10.0. The molecule has 1 amide bonds. The Labute approximate surface area is 122 Å². The summed E-state index contributed by atoms with van der Waals surface area (Å²) in [7, 11) is 0. The van der Waals surface area contributed by atoms with Crippen molar-refractivity contribution in [1.29, 1.82) is 0 Å². The molecule has 1 aromatic rings. The molecule has 6 nitrogen and oxygen atoms in total. The maximum absolute atomic E-state index is 11.3. The summed E-state index contributed by atoms with van der Waals surface area (Å²) in [4.78, 5) is 23.4. The summed E-state index contributed by atoms with van der Waals surface area (Å²) < 4.78 is 0. The molecule has 3 N–H and O–H groups in total. The highest BCUT2D eigenvalue weighted by molar-refractivity contribution is 5.89. The predicted molar refractivity (Wildman–Crippen MR) is 76.9 cm³/mol. The van der Waals surface area contributed by atoms with Gasteiger partial charge in [-0.15, -0.1) is 0 Å². The Morgan fingerprint density at radius 3 is 2.48 bits per heavy atom. The Balaban J connectivity index is 2.18. The smallest absolute Gasteiger partial charge is 0.407 e. The molecule has 0 bridgehead atoms. The highest BCUT2D eigenvalue weighted by Gasteiger charge is 2.27. The van der Waals surface area contributed by atoms with E-state index in [2.05, 4.69) is 5.32 Å². The molecule has 1 aliphatic rings. The van der Waals surface area contributed by atoms with Gasteiger partial charge in [-0.25, -0.2) is 9.59 Å². The van der Waals surface area contributed by atoms with Gasteiger partial charge in [0.1, 0.15) is 0 Å². The fourth-order valence-electron chi connectivity index (χ4n) is 2.37. The van der Waals surface area contributed by atoms with Crippen molar-refractivity contribution >= 4 is 12.1 Å². The summed E-state index contributed by atoms with van der Waals surface area (Å²) in [5, 5.41) is 21.5. The van der Waals surface area contributed by atoms with Gasteiger partial charge in [0.15, 0.2) is 0 Å². The van der Waals surface area contributed by atoms with E-state index in [9.17, 15) is 14.7 Å². The fourth-order valence-corrected chi connectivity index (χ4v) is 2.37. The highest BCUT2D eigenvalue weighted by Crippen LogP contribution is 2.21. The minimum atomic E-state index is -1.09. The van der Waals surface area contributed by atoms with Crippen molar-refractivity contribution in [3.8, 4) is 0 Å². The standard InChI is InChI=1S/C15H18N2O4/c1-10(11-5-3-2-4-6-11)16-13-7-8-17(15(20)21)9-12(13)14(18)19/h2-6,10,16H,7-9H2,1H3,(H,18,19)(H,20,21). The van der Waals surface area contributed by atoms with Crippen LogP contribution in [0.1, 0.15) is 24.9 Å². The van der Waals surface area contributed by atoms with Gasteiger partial charge in [0.05, 0.1) is 12.1 Å². The molecule has 21 heavy (non-hydrogen) atoms. The first-order chi connectivity index (χ1) is 9.99. The van der Waals surface area contributed by atoms with Crippen LogP contribution in [-0.2, 0) is 4.79 Å². The third-order valence-corrected chi connectivity index (χ3v) is 3.56. The Hall–Kier alpha value is -2.50. The fraction of sp³-hybridized carbons (Fsp3) is 0.333. The van der Waals surface area contributed by atoms with Crippen LogP contribution in [0, 0.1) is 0 Å². The van der Waals surface area contributed by atoms with E-state index in [0.717, 1.165) is 10.5 Å². The van der Waals surface area contributed by atoms with Gasteiger partial charge in [-0.3, -0.25) is 0 Å². The quantitative estimate of drug-likeness (QED) is 0.789. The summed E-state index contributed by atoms with van der Waals surface area (Å²) >= 11 is 0. The van der Waals surface area contributed by atoms with Gasteiger partial charge in [-0.1, -0.05) is 30.3 Å². The van der Waals surface area contributed by atoms with Gasteiger partial charge in [-0.05, 0) is 12.5 Å². The molecule has 0 spiro atoms. The first kappa shape index (κ1) is 14.9. The van der Waals surface area contributed by atoms with Gasteiger partial charge in [0.25, 0.3) is 0 Å². The molecule has 1 atom stereocenters. The maximum atomic E-state index is 11.3. The van der Waals surface area contributed by atoms with Crippen LogP contribution in [0.15, 0.2) is 41.6 Å². The van der Waals surface area contributed by atoms with Crippen LogP contribution in [0.3, 0.4) is 0 Å². The zero-order valence-electron chi connectivity index (χ0n) is 11.7. The van der Waals surface area contributed by atoms with E-state index in [4.69, 9.17) is 5.11 Å². The predicted octanol–water partition coefficient (Wildman–Crippen LogP) is 2.06. The SMILES string of the molecule is CC(NC1=C(C(=O)O)CN(C(=O)O)CC1)c1ccccc1. The van der Waals surface area contributed by atoms with Crippen molar-refractivity contribution < 1.29 is 19.8 Å². The number of benzene rings is 1. The summed E-state index contributed by atoms with van der Waals surface area (Å²) in [5.41, 5.74) is 1.78. The van der Waals surface area contributed by atoms with Gasteiger partial charge < -0.3 is 20.4 Å². The van der Waals surface area contributed by atoms with E-state index >= 15 is 0 Å². The second-order valence-electron chi connectivity index (χ2n) is 4.99. The van der Waals surface area contributed by atoms with Crippen LogP contribution >= 0.6 is 0 Å². The number of carboxylic acid groups (broad SMARTS) is 2. The second-order valence-corrected chi connectivity index (χ2v) is 4.99. The molecule has 0 radical (unpaired) electrons. The van der Waals surface area contributed by atoms with Crippen LogP contribution in [0.5, 0.6) is 0 Å². The molecule has 1 aromatic carbocycles. The number of nitrogens with zero attached hydrogens (tertiary/aromatic N) is 1. The molecule has 0 saturated heterocycles. The number of nitrogens with one attached hydrogen (secondary N) is 1. The molecule has 112 valence electrons. The topological polar surface area (TPSA) is 89.9 Å². The van der Waals surface area contributed by atoms with Gasteiger partial charge in [0.2, 0.25) is 0 Å². The normalized spacial score (nSPS) is 16.5. The third-order valence-electron chi connectivity index (χ3n) is 3.56. The zero-order chi connectivity index (χ0) is 15.4. The van der Waals surface area contributed by atoms with Crippen LogP contribution < -0.4 is 5.32 Å². The number of carboxylic acids is 1. The first-order valence-corrected chi connectivity index (χ1v) is 6.73. The number of hydrogen-bond donors (Lipinski definition) is 3. The Morgan fingerprint density at radius 2 is 1.90 bits per heavy atom. The average Bonchev–Trinajstić information content (AvgIpc) is 2.48. The number of carbonyl (C=O) groups is 2. The van der Waals surface area contributed by atoms with Gasteiger partial charge >= 0.3 is 12.1 Å². The molecule has 1 heterocycles. The molecule has 0 aliphatic carbocycles. The number of aliphatic carboxylic acids is 1. The van der Waals surface area contributed by atoms with E-state index < -0.39 is 12.1 Å². The minimum absolute atomic E-state index is 0.0353. The molecule has 0 saturated carbocycles. The maximum Gasteiger partial charge on any atom is 0.407 e. The van der Waals surface area contributed by atoms with Crippen molar-refractivity contribution in [2.24, 2.45) is 0 Å². The van der Waals surface area contributed by atoms with E-state index in [-0.39, 0.29) is 18.2 Å². The summed E-state index contributed by atoms with van der Waals surface area (Å²) in [6.07, 6.45) is -0.714. The first-order valence-electron chi connectivity index (χ1n) is 6.73. The molecule has 6 heteroatoms. The average molecular weight is 290 g/mol. The van der Waals surface area contributed by atoms with Crippen LogP contribution in [-0.4, -0.2) is 40.3 Å². The Morgan fingerprint density at radius 1 is 1.24 bits per heavy atom. The number of amides is 1. The Kier molecular flexibility index (Phi) is 4.47. The van der Waals surface area contributed by atoms with Crippen LogP contribution in [0.25, 0.3) is 0 Å². The van der Waals surface area contributed by atoms with Crippen molar-refractivity contribution in [2.45, 2.75) is 19.4 Å². The molecule has 1 unspecified atom stereocenters. The van der Waals surface area contributed by atoms with E-state index in [1.807, 2.05) is 37.3 Å². The van der Waals surface area contributed by atoms with Crippen LogP contribution in [0.2, 0.25) is 0 Å². The van der Waals surface area contributed by atoms with E-state index in [1.54, 1.807) is 0 Å². The van der Waals surface area contributed by atoms with Crippen molar-refractivity contribution in [1.82, 2.24) is 10.2 Å². The van der Waals surface area contributed by atoms with Crippen molar-refractivity contribution in [3.05, 3.63) is 47.2 Å². The molecule has 0 fully saturated rings. The summed E-state index contributed by atoms with van der Waals surface area (Å²) in [6, 6.07) is 9.66. The molecular weight excluding hydrogens is 272 g/mol.